The summed E-state index contributed by atoms with van der Waals surface area (Å²) < 4.78 is 7.44. The molecule has 0 bridgehead atoms. The fourth-order valence-electron chi connectivity index (χ4n) is 3.60. The first-order valence-electron chi connectivity index (χ1n) is 7.20. The molecule has 19 heavy (non-hydrogen) atoms. The summed E-state index contributed by atoms with van der Waals surface area (Å²) in [4.78, 5) is 15.0. The van der Waals surface area contributed by atoms with Crippen LogP contribution in [0.15, 0.2) is 18.5 Å². The summed E-state index contributed by atoms with van der Waals surface area (Å²) in [6, 6.07) is 2.19. The van der Waals surface area contributed by atoms with Gasteiger partial charge in [0.2, 0.25) is 0 Å². The Kier molecular flexibility index (Phi) is 2.45. The maximum absolute atomic E-state index is 12.9. The van der Waals surface area contributed by atoms with Crippen molar-refractivity contribution in [2.24, 2.45) is 5.92 Å². The molecule has 1 amide bonds. The van der Waals surface area contributed by atoms with Crippen LogP contribution in [0.2, 0.25) is 0 Å². The molecule has 0 N–H and O–H groups in total. The number of nitrogens with zero attached hydrogens (tertiary/aromatic N) is 3. The number of likely N-dealkylation sites (tertiary alicyclic amines) is 1. The van der Waals surface area contributed by atoms with Crippen LogP contribution < -0.4 is 0 Å². The molecule has 0 spiro atoms. The molecule has 5 nitrogen and oxygen atoms in total. The molecule has 1 aliphatic carbocycles. The smallest absolute Gasteiger partial charge is 0.250 e. The number of amides is 1. The fourth-order valence-corrected chi connectivity index (χ4v) is 3.60. The van der Waals surface area contributed by atoms with E-state index in [-0.39, 0.29) is 11.4 Å². The summed E-state index contributed by atoms with van der Waals surface area (Å²) >= 11 is 0. The highest BCUT2D eigenvalue weighted by molar-refractivity contribution is 5.87. The Morgan fingerprint density at radius 1 is 1.37 bits per heavy atom. The quantitative estimate of drug-likeness (QED) is 0.798. The van der Waals surface area contributed by atoms with Crippen LogP contribution in [0, 0.1) is 5.92 Å². The number of hydrogen-bond acceptors (Lipinski definition) is 3. The Hall–Kier alpha value is -1.36. The number of fused-ring (bicyclic) bond motifs is 1. The van der Waals surface area contributed by atoms with Gasteiger partial charge in [-0.25, -0.2) is 0 Å². The molecule has 2 aliphatic heterocycles. The van der Waals surface area contributed by atoms with Gasteiger partial charge in [0.15, 0.2) is 0 Å². The van der Waals surface area contributed by atoms with E-state index in [1.165, 1.54) is 6.42 Å². The van der Waals surface area contributed by atoms with Crippen molar-refractivity contribution in [3.8, 4) is 0 Å². The molecule has 2 saturated heterocycles. The summed E-state index contributed by atoms with van der Waals surface area (Å²) in [5, 5.41) is 4.29. The van der Waals surface area contributed by atoms with Crippen molar-refractivity contribution in [3.05, 3.63) is 18.5 Å². The van der Waals surface area contributed by atoms with Gasteiger partial charge in [-0.2, -0.15) is 5.10 Å². The number of hydrogen-bond donors (Lipinski definition) is 0. The summed E-state index contributed by atoms with van der Waals surface area (Å²) in [7, 11) is 0. The maximum Gasteiger partial charge on any atom is 0.250 e. The highest BCUT2D eigenvalue weighted by Crippen LogP contribution is 2.46. The number of carbonyl (C=O) groups is 1. The number of aromatic nitrogens is 2. The van der Waals surface area contributed by atoms with E-state index in [1.807, 2.05) is 16.9 Å². The summed E-state index contributed by atoms with van der Waals surface area (Å²) in [5.41, 5.74) is -0.381. The van der Waals surface area contributed by atoms with Crippen molar-refractivity contribution >= 4 is 5.91 Å². The lowest BCUT2D eigenvalue weighted by atomic mass is 9.91. The van der Waals surface area contributed by atoms with Crippen LogP contribution in [0.4, 0.5) is 0 Å². The summed E-state index contributed by atoms with van der Waals surface area (Å²) in [6.07, 6.45) is 7.81. The molecule has 1 aromatic rings. The maximum atomic E-state index is 12.9. The van der Waals surface area contributed by atoms with Gasteiger partial charge in [0, 0.05) is 24.9 Å². The van der Waals surface area contributed by atoms with Crippen molar-refractivity contribution in [2.75, 3.05) is 19.8 Å². The van der Waals surface area contributed by atoms with Crippen molar-refractivity contribution in [1.82, 2.24) is 14.7 Å². The molecule has 1 aromatic heterocycles. The van der Waals surface area contributed by atoms with Gasteiger partial charge in [0.25, 0.3) is 5.91 Å². The molecular weight excluding hydrogens is 242 g/mol. The predicted octanol–water partition coefficient (Wildman–Crippen LogP) is 1.01. The lowest BCUT2D eigenvalue weighted by Gasteiger charge is -2.38. The van der Waals surface area contributed by atoms with Gasteiger partial charge >= 0.3 is 0 Å². The Morgan fingerprint density at radius 2 is 2.26 bits per heavy atom. The van der Waals surface area contributed by atoms with E-state index in [9.17, 15) is 4.79 Å². The second-order valence-electron chi connectivity index (χ2n) is 5.99. The fraction of sp³-hybridized carbons (Fsp3) is 0.714. The zero-order valence-corrected chi connectivity index (χ0v) is 11.0. The third-order valence-corrected chi connectivity index (χ3v) is 4.86. The summed E-state index contributed by atoms with van der Waals surface area (Å²) in [5.74, 6) is 0.808. The Labute approximate surface area is 112 Å². The molecule has 4 rings (SSSR count). The second-order valence-corrected chi connectivity index (χ2v) is 5.99. The number of carbonyl (C=O) groups excluding carboxylic acids is 1. The standard InChI is InChI=1S/C14H19N3O2/c18-13(14(4-5-14)17-8-2-6-15-17)16-7-1-3-11-9-19-10-12(11)16/h2,6,8,11-12H,1,3-5,7,9-10H2/t11-,12+/m1/s1. The van der Waals surface area contributed by atoms with E-state index in [0.29, 0.717) is 18.6 Å². The van der Waals surface area contributed by atoms with Gasteiger partial charge in [0.1, 0.15) is 5.54 Å². The Morgan fingerprint density at radius 3 is 3.00 bits per heavy atom. The number of piperidine rings is 1. The van der Waals surface area contributed by atoms with Gasteiger partial charge < -0.3 is 9.64 Å². The first-order chi connectivity index (χ1) is 9.31. The van der Waals surface area contributed by atoms with Gasteiger partial charge in [-0.1, -0.05) is 0 Å². The topological polar surface area (TPSA) is 47.4 Å². The zero-order chi connectivity index (χ0) is 12.9. The van der Waals surface area contributed by atoms with Crippen LogP contribution in [0.3, 0.4) is 0 Å². The number of ether oxygens (including phenoxy) is 1. The molecule has 3 aliphatic rings. The van der Waals surface area contributed by atoms with E-state index >= 15 is 0 Å². The monoisotopic (exact) mass is 261 g/mol. The lowest BCUT2D eigenvalue weighted by molar-refractivity contribution is -0.141. The van der Waals surface area contributed by atoms with E-state index in [1.54, 1.807) is 6.20 Å². The first-order valence-corrected chi connectivity index (χ1v) is 7.20. The molecule has 2 atom stereocenters. The molecule has 3 fully saturated rings. The van der Waals surface area contributed by atoms with Crippen LogP contribution in [0.5, 0.6) is 0 Å². The molecule has 3 heterocycles. The van der Waals surface area contributed by atoms with Crippen LogP contribution >= 0.6 is 0 Å². The van der Waals surface area contributed by atoms with Crippen molar-refractivity contribution < 1.29 is 9.53 Å². The van der Waals surface area contributed by atoms with Crippen LogP contribution in [0.1, 0.15) is 25.7 Å². The van der Waals surface area contributed by atoms with Crippen molar-refractivity contribution in [3.63, 3.8) is 0 Å². The van der Waals surface area contributed by atoms with Crippen LogP contribution in [0.25, 0.3) is 0 Å². The molecule has 0 radical (unpaired) electrons. The molecule has 1 saturated carbocycles. The minimum absolute atomic E-state index is 0.261. The van der Waals surface area contributed by atoms with Gasteiger partial charge in [-0.15, -0.1) is 0 Å². The summed E-state index contributed by atoms with van der Waals surface area (Å²) in [6.45, 7) is 2.42. The molecule has 5 heteroatoms. The second kappa shape index (κ2) is 4.07. The van der Waals surface area contributed by atoms with Crippen LogP contribution in [-0.2, 0) is 15.1 Å². The predicted molar refractivity (Wildman–Crippen MR) is 68.5 cm³/mol. The zero-order valence-electron chi connectivity index (χ0n) is 11.0. The van der Waals surface area contributed by atoms with E-state index in [4.69, 9.17) is 4.74 Å². The van der Waals surface area contributed by atoms with Gasteiger partial charge in [0.05, 0.1) is 19.3 Å². The lowest BCUT2D eigenvalue weighted by Crippen LogP contribution is -2.53. The van der Waals surface area contributed by atoms with E-state index in [2.05, 4.69) is 10.00 Å². The molecule has 0 aromatic carbocycles. The van der Waals surface area contributed by atoms with Gasteiger partial charge in [-0.05, 0) is 31.7 Å². The van der Waals surface area contributed by atoms with Crippen molar-refractivity contribution in [1.29, 1.82) is 0 Å². The SMILES string of the molecule is O=C(N1CCC[C@@H]2COC[C@@H]21)C1(n2cccn2)CC1. The molecule has 102 valence electrons. The third-order valence-electron chi connectivity index (χ3n) is 4.86. The Bertz CT molecular complexity index is 481. The van der Waals surface area contributed by atoms with E-state index < -0.39 is 0 Å². The normalized spacial score (nSPS) is 32.1. The third kappa shape index (κ3) is 1.64. The van der Waals surface area contributed by atoms with Crippen LogP contribution in [-0.4, -0.2) is 46.4 Å². The minimum atomic E-state index is -0.381. The molecular formula is C14H19N3O2. The Balaban J connectivity index is 1.60. The van der Waals surface area contributed by atoms with E-state index in [0.717, 1.165) is 32.4 Å². The highest BCUT2D eigenvalue weighted by atomic mass is 16.5. The average Bonchev–Trinajstić information content (AvgIpc) is 2.90. The minimum Gasteiger partial charge on any atom is -0.379 e. The van der Waals surface area contributed by atoms with Gasteiger partial charge in [-0.3, -0.25) is 9.48 Å². The largest absolute Gasteiger partial charge is 0.379 e. The van der Waals surface area contributed by atoms with Crippen molar-refractivity contribution in [2.45, 2.75) is 37.3 Å². The first kappa shape index (κ1) is 11.5. The number of rotatable bonds is 2. The molecule has 0 unspecified atom stereocenters. The highest BCUT2D eigenvalue weighted by Gasteiger charge is 2.56. The average molecular weight is 261 g/mol.